The molecule has 0 spiro atoms. The van der Waals surface area contributed by atoms with Crippen LogP contribution in [0.25, 0.3) is 5.69 Å². The van der Waals surface area contributed by atoms with Crippen LogP contribution in [-0.4, -0.2) is 51.0 Å². The molecular weight excluding hydrogens is 318 g/mol. The van der Waals surface area contributed by atoms with Crippen molar-refractivity contribution in [1.29, 1.82) is 0 Å². The van der Waals surface area contributed by atoms with E-state index in [1.807, 2.05) is 49.9 Å². The second-order valence-electron chi connectivity index (χ2n) is 6.64. The minimum Gasteiger partial charge on any atom is -0.372 e. The maximum Gasteiger partial charge on any atom is 0.322 e. The summed E-state index contributed by atoms with van der Waals surface area (Å²) in [6.07, 6.45) is 0.866. The number of aryl methyl sites for hydroxylation is 2. The molecule has 7 heteroatoms. The summed E-state index contributed by atoms with van der Waals surface area (Å²) in [5, 5.41) is 7.44. The van der Waals surface area contributed by atoms with Crippen molar-refractivity contribution in [2.45, 2.75) is 39.7 Å². The van der Waals surface area contributed by atoms with E-state index in [4.69, 9.17) is 4.74 Å². The molecule has 25 heavy (non-hydrogen) atoms. The number of para-hydroxylation sites is 2. The van der Waals surface area contributed by atoms with E-state index in [1.54, 1.807) is 4.68 Å². The van der Waals surface area contributed by atoms with Gasteiger partial charge in [-0.1, -0.05) is 19.1 Å². The third-order valence-electron chi connectivity index (χ3n) is 4.62. The van der Waals surface area contributed by atoms with Crippen LogP contribution in [0, 0.1) is 13.8 Å². The maximum atomic E-state index is 12.8. The number of carbonyl (C=O) groups is 1. The van der Waals surface area contributed by atoms with E-state index in [1.165, 1.54) is 0 Å². The van der Waals surface area contributed by atoms with Crippen molar-refractivity contribution >= 4 is 11.7 Å². The zero-order chi connectivity index (χ0) is 18.0. The molecule has 1 aliphatic rings. The van der Waals surface area contributed by atoms with E-state index in [-0.39, 0.29) is 11.6 Å². The molecule has 0 radical (unpaired) electrons. The predicted octanol–water partition coefficient (Wildman–Crippen LogP) is 2.92. The van der Waals surface area contributed by atoms with E-state index in [9.17, 15) is 4.79 Å². The van der Waals surface area contributed by atoms with Crippen LogP contribution >= 0.6 is 0 Å². The van der Waals surface area contributed by atoms with Gasteiger partial charge in [0.2, 0.25) is 0 Å². The zero-order valence-corrected chi connectivity index (χ0v) is 15.2. The lowest BCUT2D eigenvalue weighted by atomic mass is 10.0. The number of nitrogens with one attached hydrogen (secondary N) is 1. The van der Waals surface area contributed by atoms with Crippen molar-refractivity contribution in [3.05, 3.63) is 35.9 Å². The Hall–Kier alpha value is -2.41. The standard InChI is InChI=1S/C18H25N5O2/c1-5-18(4)12-22(10-11-25-18)17(24)20-15-8-6-7-9-16(15)23-14(3)19-13(2)21-23/h6-9H,5,10-12H2,1-4H3,(H,20,24). The number of anilines is 1. The Morgan fingerprint density at radius 3 is 2.80 bits per heavy atom. The molecule has 1 atom stereocenters. The van der Waals surface area contributed by atoms with Gasteiger partial charge in [-0.3, -0.25) is 0 Å². The number of urea groups is 1. The fourth-order valence-corrected chi connectivity index (χ4v) is 3.03. The number of hydrogen-bond acceptors (Lipinski definition) is 4. The second-order valence-corrected chi connectivity index (χ2v) is 6.64. The van der Waals surface area contributed by atoms with Crippen LogP contribution in [0.1, 0.15) is 31.9 Å². The number of aromatic nitrogens is 3. The van der Waals surface area contributed by atoms with Crippen LogP contribution in [0.15, 0.2) is 24.3 Å². The highest BCUT2D eigenvalue weighted by molar-refractivity contribution is 5.91. The van der Waals surface area contributed by atoms with Gasteiger partial charge in [0.05, 0.1) is 30.1 Å². The molecule has 0 saturated carbocycles. The van der Waals surface area contributed by atoms with Crippen LogP contribution in [0.4, 0.5) is 10.5 Å². The molecule has 3 rings (SSSR count). The summed E-state index contributed by atoms with van der Waals surface area (Å²) < 4.78 is 7.56. The molecule has 1 aromatic carbocycles. The predicted molar refractivity (Wildman–Crippen MR) is 96.1 cm³/mol. The first-order chi connectivity index (χ1) is 11.9. The average molecular weight is 343 g/mol. The zero-order valence-electron chi connectivity index (χ0n) is 15.2. The number of hydrogen-bond donors (Lipinski definition) is 1. The number of morpholine rings is 1. The number of amides is 2. The quantitative estimate of drug-likeness (QED) is 0.930. The fraction of sp³-hybridized carbons (Fsp3) is 0.500. The third kappa shape index (κ3) is 3.66. The van der Waals surface area contributed by atoms with Crippen LogP contribution in [-0.2, 0) is 4.74 Å². The summed E-state index contributed by atoms with van der Waals surface area (Å²) in [5.74, 6) is 1.48. The van der Waals surface area contributed by atoms with Crippen LogP contribution in [0.5, 0.6) is 0 Å². The van der Waals surface area contributed by atoms with Crippen molar-refractivity contribution in [2.24, 2.45) is 0 Å². The Balaban J connectivity index is 1.82. The molecule has 2 aromatic rings. The van der Waals surface area contributed by atoms with Crippen molar-refractivity contribution in [3.63, 3.8) is 0 Å². The van der Waals surface area contributed by atoms with Crippen molar-refractivity contribution in [3.8, 4) is 5.69 Å². The van der Waals surface area contributed by atoms with Gasteiger partial charge < -0.3 is 15.0 Å². The van der Waals surface area contributed by atoms with Gasteiger partial charge in [0.25, 0.3) is 0 Å². The molecule has 1 aromatic heterocycles. The number of nitrogens with zero attached hydrogens (tertiary/aromatic N) is 4. The maximum absolute atomic E-state index is 12.8. The molecule has 2 heterocycles. The Kier molecular flexibility index (Phi) is 4.76. The van der Waals surface area contributed by atoms with Crippen LogP contribution in [0.3, 0.4) is 0 Å². The summed E-state index contributed by atoms with van der Waals surface area (Å²) in [4.78, 5) is 18.9. The molecule has 1 N–H and O–H groups in total. The van der Waals surface area contributed by atoms with E-state index in [0.29, 0.717) is 31.2 Å². The third-order valence-corrected chi connectivity index (χ3v) is 4.62. The Bertz CT molecular complexity index is 773. The Morgan fingerprint density at radius 1 is 1.36 bits per heavy atom. The van der Waals surface area contributed by atoms with Gasteiger partial charge in [-0.2, -0.15) is 5.10 Å². The number of carbonyl (C=O) groups excluding carboxylic acids is 1. The summed E-state index contributed by atoms with van der Waals surface area (Å²) in [7, 11) is 0. The van der Waals surface area contributed by atoms with E-state index in [0.717, 1.165) is 17.9 Å². The van der Waals surface area contributed by atoms with E-state index >= 15 is 0 Å². The first-order valence-corrected chi connectivity index (χ1v) is 8.61. The molecule has 1 aliphatic heterocycles. The van der Waals surface area contributed by atoms with Gasteiger partial charge in [0.1, 0.15) is 11.6 Å². The Labute approximate surface area is 148 Å². The van der Waals surface area contributed by atoms with Gasteiger partial charge in [-0.15, -0.1) is 0 Å². The summed E-state index contributed by atoms with van der Waals surface area (Å²) in [5.41, 5.74) is 1.24. The lowest BCUT2D eigenvalue weighted by Gasteiger charge is -2.40. The van der Waals surface area contributed by atoms with Gasteiger partial charge >= 0.3 is 6.03 Å². The second kappa shape index (κ2) is 6.84. The minimum atomic E-state index is -0.283. The monoisotopic (exact) mass is 343 g/mol. The van der Waals surface area contributed by atoms with Crippen molar-refractivity contribution in [1.82, 2.24) is 19.7 Å². The molecule has 0 bridgehead atoms. The molecule has 1 unspecified atom stereocenters. The minimum absolute atomic E-state index is 0.120. The SMILES string of the molecule is CCC1(C)CN(C(=O)Nc2ccccc2-n2nc(C)nc2C)CCO1. The lowest BCUT2D eigenvalue weighted by molar-refractivity contribution is -0.0860. The normalized spacial score (nSPS) is 20.6. The average Bonchev–Trinajstić information content (AvgIpc) is 2.93. The van der Waals surface area contributed by atoms with E-state index in [2.05, 4.69) is 22.3 Å². The topological polar surface area (TPSA) is 72.3 Å². The summed E-state index contributed by atoms with van der Waals surface area (Å²) in [6, 6.07) is 7.50. The summed E-state index contributed by atoms with van der Waals surface area (Å²) >= 11 is 0. The van der Waals surface area contributed by atoms with Gasteiger partial charge in [0, 0.05) is 6.54 Å². The van der Waals surface area contributed by atoms with Gasteiger partial charge in [-0.25, -0.2) is 14.5 Å². The lowest BCUT2D eigenvalue weighted by Crippen LogP contribution is -2.53. The molecule has 1 fully saturated rings. The van der Waals surface area contributed by atoms with Crippen LogP contribution in [0.2, 0.25) is 0 Å². The highest BCUT2D eigenvalue weighted by Gasteiger charge is 2.32. The largest absolute Gasteiger partial charge is 0.372 e. The number of rotatable bonds is 3. The number of ether oxygens (including phenoxy) is 1. The highest BCUT2D eigenvalue weighted by Crippen LogP contribution is 2.24. The molecule has 2 amide bonds. The van der Waals surface area contributed by atoms with Crippen molar-refractivity contribution in [2.75, 3.05) is 25.0 Å². The van der Waals surface area contributed by atoms with Crippen LogP contribution < -0.4 is 5.32 Å². The van der Waals surface area contributed by atoms with Gasteiger partial charge in [0.15, 0.2) is 0 Å². The van der Waals surface area contributed by atoms with Gasteiger partial charge in [-0.05, 0) is 39.3 Å². The fourth-order valence-electron chi connectivity index (χ4n) is 3.03. The molecule has 0 aliphatic carbocycles. The first kappa shape index (κ1) is 17.4. The molecule has 7 nitrogen and oxygen atoms in total. The molecular formula is C18H25N5O2. The Morgan fingerprint density at radius 2 is 2.12 bits per heavy atom. The molecule has 1 saturated heterocycles. The smallest absolute Gasteiger partial charge is 0.322 e. The highest BCUT2D eigenvalue weighted by atomic mass is 16.5. The number of benzene rings is 1. The molecule has 134 valence electrons. The first-order valence-electron chi connectivity index (χ1n) is 8.61. The van der Waals surface area contributed by atoms with Crippen molar-refractivity contribution < 1.29 is 9.53 Å². The summed E-state index contributed by atoms with van der Waals surface area (Å²) in [6.45, 7) is 9.59. The van der Waals surface area contributed by atoms with E-state index < -0.39 is 0 Å².